The number of aromatic nitrogens is 1. The molecule has 120 valence electrons. The number of pyridine rings is 1. The first-order valence-corrected chi connectivity index (χ1v) is 6.88. The number of hydrogen-bond donors (Lipinski definition) is 1. The zero-order chi connectivity index (χ0) is 16.7. The Morgan fingerprint density at radius 3 is 2.57 bits per heavy atom. The van der Waals surface area contributed by atoms with E-state index in [2.05, 4.69) is 10.3 Å². The second-order valence-corrected chi connectivity index (χ2v) is 4.48. The average molecular weight is 314 g/mol. The molecule has 0 aliphatic heterocycles. The second-order valence-electron chi connectivity index (χ2n) is 4.48. The summed E-state index contributed by atoms with van der Waals surface area (Å²) in [6.45, 7) is 0. The summed E-state index contributed by atoms with van der Waals surface area (Å²) in [6.07, 6.45) is 4.62. The van der Waals surface area contributed by atoms with Gasteiger partial charge in [-0.25, -0.2) is 4.98 Å². The van der Waals surface area contributed by atoms with Gasteiger partial charge in [0.15, 0.2) is 11.6 Å². The van der Waals surface area contributed by atoms with Crippen molar-refractivity contribution < 1.29 is 19.0 Å². The zero-order valence-corrected chi connectivity index (χ0v) is 13.2. The van der Waals surface area contributed by atoms with Gasteiger partial charge in [0.2, 0.25) is 5.91 Å². The molecule has 1 heterocycles. The Morgan fingerprint density at radius 2 is 1.87 bits per heavy atom. The highest BCUT2D eigenvalue weighted by atomic mass is 16.5. The van der Waals surface area contributed by atoms with Gasteiger partial charge in [-0.2, -0.15) is 0 Å². The molecule has 6 heteroatoms. The largest absolute Gasteiger partial charge is 0.497 e. The van der Waals surface area contributed by atoms with Crippen molar-refractivity contribution in [2.75, 3.05) is 26.6 Å². The first-order chi connectivity index (χ1) is 11.2. The first-order valence-electron chi connectivity index (χ1n) is 6.88. The molecule has 1 aromatic carbocycles. The average Bonchev–Trinajstić information content (AvgIpc) is 2.60. The number of benzene rings is 1. The van der Waals surface area contributed by atoms with E-state index in [-0.39, 0.29) is 5.91 Å². The second kappa shape index (κ2) is 7.84. The summed E-state index contributed by atoms with van der Waals surface area (Å²) in [4.78, 5) is 16.1. The lowest BCUT2D eigenvalue weighted by Gasteiger charge is -2.08. The smallest absolute Gasteiger partial charge is 0.249 e. The zero-order valence-electron chi connectivity index (χ0n) is 13.2. The Labute approximate surface area is 134 Å². The summed E-state index contributed by atoms with van der Waals surface area (Å²) < 4.78 is 15.6. The molecule has 0 saturated carbocycles. The van der Waals surface area contributed by atoms with Crippen molar-refractivity contribution in [2.45, 2.75) is 0 Å². The third-order valence-electron chi connectivity index (χ3n) is 3.08. The van der Waals surface area contributed by atoms with Crippen LogP contribution < -0.4 is 19.5 Å². The van der Waals surface area contributed by atoms with Crippen molar-refractivity contribution in [1.29, 1.82) is 0 Å². The van der Waals surface area contributed by atoms with Crippen LogP contribution in [0.4, 0.5) is 5.82 Å². The van der Waals surface area contributed by atoms with Crippen LogP contribution in [0.3, 0.4) is 0 Å². The lowest BCUT2D eigenvalue weighted by Crippen LogP contribution is -2.10. The topological polar surface area (TPSA) is 69.7 Å². The number of amides is 1. The molecule has 2 rings (SSSR count). The maximum Gasteiger partial charge on any atom is 0.249 e. The molecule has 1 amide bonds. The van der Waals surface area contributed by atoms with Gasteiger partial charge in [0, 0.05) is 17.8 Å². The summed E-state index contributed by atoms with van der Waals surface area (Å²) >= 11 is 0. The van der Waals surface area contributed by atoms with Crippen molar-refractivity contribution in [3.63, 3.8) is 0 Å². The van der Waals surface area contributed by atoms with Gasteiger partial charge >= 0.3 is 0 Å². The van der Waals surface area contributed by atoms with Gasteiger partial charge in [0.05, 0.1) is 21.3 Å². The molecule has 0 unspecified atom stereocenters. The Morgan fingerprint density at radius 1 is 1.09 bits per heavy atom. The van der Waals surface area contributed by atoms with Crippen LogP contribution in [0.1, 0.15) is 5.56 Å². The molecule has 6 nitrogen and oxygen atoms in total. The van der Waals surface area contributed by atoms with Crippen LogP contribution >= 0.6 is 0 Å². The van der Waals surface area contributed by atoms with E-state index in [0.29, 0.717) is 23.1 Å². The van der Waals surface area contributed by atoms with Gasteiger partial charge in [-0.05, 0) is 36.4 Å². The number of nitrogens with one attached hydrogen (secondary N) is 1. The number of carbonyl (C=O) groups is 1. The molecule has 0 aliphatic rings. The quantitative estimate of drug-likeness (QED) is 0.830. The van der Waals surface area contributed by atoms with Crippen LogP contribution in [-0.4, -0.2) is 32.2 Å². The third kappa shape index (κ3) is 4.23. The first kappa shape index (κ1) is 16.4. The third-order valence-corrected chi connectivity index (χ3v) is 3.08. The standard InChI is InChI=1S/C17H18N2O4/c1-21-13-7-8-14(22-2)12(11-13)6-9-16(20)19-17-15(23-3)5-4-10-18-17/h4-11H,1-3H3,(H,18,19,20)/b9-6+. The normalized spacial score (nSPS) is 10.4. The maximum absolute atomic E-state index is 12.0. The summed E-state index contributed by atoms with van der Waals surface area (Å²) in [5.41, 5.74) is 0.731. The van der Waals surface area contributed by atoms with Gasteiger partial charge in [-0.15, -0.1) is 0 Å². The van der Waals surface area contributed by atoms with E-state index < -0.39 is 0 Å². The molecule has 0 atom stereocenters. The fraction of sp³-hybridized carbons (Fsp3) is 0.176. The van der Waals surface area contributed by atoms with Crippen molar-refractivity contribution in [2.24, 2.45) is 0 Å². The highest BCUT2D eigenvalue weighted by molar-refractivity contribution is 6.02. The molecular formula is C17H18N2O4. The van der Waals surface area contributed by atoms with Gasteiger partial charge < -0.3 is 19.5 Å². The minimum atomic E-state index is -0.327. The molecular weight excluding hydrogens is 296 g/mol. The fourth-order valence-corrected chi connectivity index (χ4v) is 1.94. The van der Waals surface area contributed by atoms with Crippen molar-refractivity contribution in [3.05, 3.63) is 48.2 Å². The molecule has 0 saturated heterocycles. The summed E-state index contributed by atoms with van der Waals surface area (Å²) in [5.74, 6) is 1.85. The van der Waals surface area contributed by atoms with Crippen LogP contribution in [0.2, 0.25) is 0 Å². The summed E-state index contributed by atoms with van der Waals surface area (Å²) in [5, 5.41) is 2.66. The summed E-state index contributed by atoms with van der Waals surface area (Å²) in [7, 11) is 4.66. The molecule has 1 aromatic heterocycles. The van der Waals surface area contributed by atoms with E-state index in [9.17, 15) is 4.79 Å². The van der Waals surface area contributed by atoms with E-state index in [4.69, 9.17) is 14.2 Å². The molecule has 0 bridgehead atoms. The highest BCUT2D eigenvalue weighted by Crippen LogP contribution is 2.25. The van der Waals surface area contributed by atoms with Crippen molar-refractivity contribution in [1.82, 2.24) is 4.98 Å². The van der Waals surface area contributed by atoms with E-state index in [1.165, 1.54) is 13.2 Å². The fourth-order valence-electron chi connectivity index (χ4n) is 1.94. The van der Waals surface area contributed by atoms with Crippen molar-refractivity contribution in [3.8, 4) is 17.2 Å². The maximum atomic E-state index is 12.0. The number of nitrogens with zero attached hydrogens (tertiary/aromatic N) is 1. The molecule has 0 fully saturated rings. The van der Waals surface area contributed by atoms with Crippen LogP contribution in [-0.2, 0) is 4.79 Å². The molecule has 23 heavy (non-hydrogen) atoms. The minimum Gasteiger partial charge on any atom is -0.497 e. The van der Waals surface area contributed by atoms with Gasteiger partial charge in [-0.1, -0.05) is 0 Å². The summed E-state index contributed by atoms with van der Waals surface area (Å²) in [6, 6.07) is 8.79. The lowest BCUT2D eigenvalue weighted by molar-refractivity contribution is -0.111. The minimum absolute atomic E-state index is 0.327. The SMILES string of the molecule is COc1ccc(OC)c(/C=C/C(=O)Nc2ncccc2OC)c1. The number of methoxy groups -OCH3 is 3. The van der Waals surface area contributed by atoms with Crippen LogP contribution in [0.25, 0.3) is 6.08 Å². The molecule has 1 N–H and O–H groups in total. The highest BCUT2D eigenvalue weighted by Gasteiger charge is 2.07. The van der Waals surface area contributed by atoms with Gasteiger partial charge in [-0.3, -0.25) is 4.79 Å². The monoisotopic (exact) mass is 314 g/mol. The van der Waals surface area contributed by atoms with Gasteiger partial charge in [0.25, 0.3) is 0 Å². The van der Waals surface area contributed by atoms with Crippen LogP contribution in [0.15, 0.2) is 42.6 Å². The molecule has 2 aromatic rings. The molecule has 0 aliphatic carbocycles. The number of hydrogen-bond acceptors (Lipinski definition) is 5. The Hall–Kier alpha value is -3.02. The number of anilines is 1. The van der Waals surface area contributed by atoms with Crippen LogP contribution in [0, 0.1) is 0 Å². The van der Waals surface area contributed by atoms with Crippen molar-refractivity contribution >= 4 is 17.8 Å². The van der Waals surface area contributed by atoms with E-state index in [1.807, 2.05) is 0 Å². The molecule has 0 radical (unpaired) electrons. The number of ether oxygens (including phenoxy) is 3. The van der Waals surface area contributed by atoms with Gasteiger partial charge in [0.1, 0.15) is 11.5 Å². The Bertz CT molecular complexity index is 713. The number of carbonyl (C=O) groups excluding carboxylic acids is 1. The van der Waals surface area contributed by atoms with E-state index in [1.54, 1.807) is 56.8 Å². The number of rotatable bonds is 6. The Balaban J connectivity index is 2.15. The van der Waals surface area contributed by atoms with Crippen LogP contribution in [0.5, 0.6) is 17.2 Å². The van der Waals surface area contributed by atoms with E-state index in [0.717, 1.165) is 5.56 Å². The Kier molecular flexibility index (Phi) is 5.57. The van der Waals surface area contributed by atoms with E-state index >= 15 is 0 Å². The predicted molar refractivity (Wildman–Crippen MR) is 88.0 cm³/mol. The predicted octanol–water partition coefficient (Wildman–Crippen LogP) is 2.76. The lowest BCUT2D eigenvalue weighted by atomic mass is 10.1. The molecule has 0 spiro atoms.